The normalized spacial score (nSPS) is 10.9. The lowest BCUT2D eigenvalue weighted by molar-refractivity contribution is 0.571. The summed E-state index contributed by atoms with van der Waals surface area (Å²) in [5, 5.41) is 14.6. The molecule has 8 heteroatoms. The van der Waals surface area contributed by atoms with Crippen molar-refractivity contribution in [3.8, 4) is 11.3 Å². The molecule has 0 fully saturated rings. The van der Waals surface area contributed by atoms with Gasteiger partial charge < -0.3 is 15.1 Å². The summed E-state index contributed by atoms with van der Waals surface area (Å²) in [6.45, 7) is 1.91. The Labute approximate surface area is 166 Å². The second kappa shape index (κ2) is 7.08. The van der Waals surface area contributed by atoms with Gasteiger partial charge in [-0.3, -0.25) is 5.10 Å². The van der Waals surface area contributed by atoms with E-state index in [4.69, 9.17) is 4.42 Å². The fourth-order valence-corrected chi connectivity index (χ4v) is 3.15. The van der Waals surface area contributed by atoms with E-state index in [-0.39, 0.29) is 0 Å². The quantitative estimate of drug-likeness (QED) is 0.400. The number of aromatic amines is 1. The lowest BCUT2D eigenvalue weighted by atomic mass is 10.1. The summed E-state index contributed by atoms with van der Waals surface area (Å²) in [7, 11) is 0. The number of hydrogen-bond acceptors (Lipinski definition) is 7. The number of rotatable bonds is 5. The van der Waals surface area contributed by atoms with Crippen LogP contribution in [0.4, 0.5) is 23.1 Å². The maximum absolute atomic E-state index is 5.48. The van der Waals surface area contributed by atoms with Crippen LogP contribution in [0, 0.1) is 6.92 Å². The number of aryl methyl sites for hydroxylation is 1. The summed E-state index contributed by atoms with van der Waals surface area (Å²) >= 11 is 0. The van der Waals surface area contributed by atoms with Crippen LogP contribution in [0.2, 0.25) is 0 Å². The topological polar surface area (TPSA) is 105 Å². The van der Waals surface area contributed by atoms with Crippen molar-refractivity contribution in [3.05, 3.63) is 73.0 Å². The highest BCUT2D eigenvalue weighted by atomic mass is 16.3. The maximum atomic E-state index is 5.48. The number of benzene rings is 2. The van der Waals surface area contributed by atoms with Crippen LogP contribution in [0.1, 0.15) is 5.69 Å². The van der Waals surface area contributed by atoms with Crippen LogP contribution in [0.5, 0.6) is 0 Å². The Bertz CT molecular complexity index is 1290. The van der Waals surface area contributed by atoms with E-state index in [0.717, 1.165) is 39.3 Å². The smallest absolute Gasteiger partial charge is 0.229 e. The monoisotopic (exact) mass is 383 g/mol. The third-order valence-electron chi connectivity index (χ3n) is 4.53. The molecular weight excluding hydrogens is 366 g/mol. The molecule has 8 nitrogen and oxygen atoms in total. The minimum atomic E-state index is 0.487. The highest BCUT2D eigenvalue weighted by molar-refractivity contribution is 5.92. The molecule has 0 saturated carbocycles. The Kier molecular flexibility index (Phi) is 4.14. The fraction of sp³-hybridized carbons (Fsp3) is 0.0476. The van der Waals surface area contributed by atoms with E-state index in [9.17, 15) is 0 Å². The minimum Gasteiger partial charge on any atom is -0.443 e. The van der Waals surface area contributed by atoms with Gasteiger partial charge in [0.05, 0.1) is 23.1 Å². The molecule has 29 heavy (non-hydrogen) atoms. The van der Waals surface area contributed by atoms with Gasteiger partial charge in [0, 0.05) is 22.8 Å². The van der Waals surface area contributed by atoms with E-state index in [0.29, 0.717) is 11.8 Å². The van der Waals surface area contributed by atoms with Crippen molar-refractivity contribution in [2.75, 3.05) is 10.6 Å². The summed E-state index contributed by atoms with van der Waals surface area (Å²) in [5.74, 6) is 1.91. The van der Waals surface area contributed by atoms with Gasteiger partial charge in [-0.15, -0.1) is 0 Å². The average Bonchev–Trinajstić information content (AvgIpc) is 3.38. The molecule has 0 radical (unpaired) electrons. The zero-order valence-corrected chi connectivity index (χ0v) is 15.5. The van der Waals surface area contributed by atoms with Gasteiger partial charge in [0.1, 0.15) is 5.82 Å². The van der Waals surface area contributed by atoms with Crippen molar-refractivity contribution >= 4 is 34.0 Å². The molecule has 0 amide bonds. The number of nitrogens with zero attached hydrogens (tertiary/aromatic N) is 4. The first-order valence-corrected chi connectivity index (χ1v) is 9.06. The molecule has 142 valence electrons. The van der Waals surface area contributed by atoms with Gasteiger partial charge in [0.15, 0.2) is 12.2 Å². The van der Waals surface area contributed by atoms with Gasteiger partial charge in [-0.05, 0) is 37.3 Å². The number of oxazole rings is 1. The lowest BCUT2D eigenvalue weighted by Crippen LogP contribution is -2.00. The molecule has 5 aromatic rings. The molecule has 2 aromatic carbocycles. The first-order valence-electron chi connectivity index (χ1n) is 9.06. The SMILES string of the molecule is Cc1ncoc1-c1cccc(Nc2nccc(Nc3cccc4[nH]ncc34)n2)c1. The van der Waals surface area contributed by atoms with Crippen molar-refractivity contribution in [2.45, 2.75) is 6.92 Å². The van der Waals surface area contributed by atoms with Crippen LogP contribution in [-0.4, -0.2) is 25.1 Å². The fourth-order valence-electron chi connectivity index (χ4n) is 3.15. The van der Waals surface area contributed by atoms with Crippen LogP contribution in [0.15, 0.2) is 71.7 Å². The van der Waals surface area contributed by atoms with E-state index in [1.807, 2.05) is 55.5 Å². The molecule has 3 N–H and O–H groups in total. The Hall–Kier alpha value is -4.20. The molecule has 0 spiro atoms. The van der Waals surface area contributed by atoms with Gasteiger partial charge in [-0.1, -0.05) is 18.2 Å². The molecule has 0 unspecified atom stereocenters. The molecule has 0 saturated heterocycles. The average molecular weight is 383 g/mol. The molecule has 0 bridgehead atoms. The molecule has 3 aromatic heterocycles. The number of fused-ring (bicyclic) bond motifs is 1. The summed E-state index contributed by atoms with van der Waals surface area (Å²) < 4.78 is 5.48. The number of anilines is 4. The standard InChI is InChI=1S/C21H17N7O/c1-13-20(29-12-23-13)14-4-2-5-15(10-14)25-21-22-9-8-19(27-21)26-17-6-3-7-18-16(17)11-24-28-18/h2-12H,1H3,(H,24,28)(H2,22,25,26,27). The predicted molar refractivity (Wildman–Crippen MR) is 111 cm³/mol. The predicted octanol–water partition coefficient (Wildman–Crippen LogP) is 4.80. The second-order valence-electron chi connectivity index (χ2n) is 6.50. The first kappa shape index (κ1) is 16.9. The van der Waals surface area contributed by atoms with Crippen LogP contribution >= 0.6 is 0 Å². The summed E-state index contributed by atoms with van der Waals surface area (Å²) in [6, 6.07) is 15.6. The molecule has 0 atom stereocenters. The van der Waals surface area contributed by atoms with Gasteiger partial charge in [0.2, 0.25) is 5.95 Å². The molecule has 5 rings (SSSR count). The van der Waals surface area contributed by atoms with Crippen LogP contribution in [0.25, 0.3) is 22.2 Å². The highest BCUT2D eigenvalue weighted by Gasteiger charge is 2.09. The van der Waals surface area contributed by atoms with E-state index < -0.39 is 0 Å². The zero-order chi connectivity index (χ0) is 19.6. The van der Waals surface area contributed by atoms with Gasteiger partial charge in [-0.25, -0.2) is 9.97 Å². The molecule has 0 aliphatic carbocycles. The molecule has 0 aliphatic heterocycles. The molecule has 0 aliphatic rings. The van der Waals surface area contributed by atoms with Crippen molar-refractivity contribution in [1.29, 1.82) is 0 Å². The Morgan fingerprint density at radius 1 is 1.00 bits per heavy atom. The Morgan fingerprint density at radius 2 is 1.93 bits per heavy atom. The summed E-state index contributed by atoms with van der Waals surface area (Å²) in [5.41, 5.74) is 4.52. The molecular formula is C21H17N7O. The van der Waals surface area contributed by atoms with E-state index in [1.54, 1.807) is 12.4 Å². The third-order valence-corrected chi connectivity index (χ3v) is 4.53. The zero-order valence-electron chi connectivity index (χ0n) is 15.5. The number of aromatic nitrogens is 5. The Balaban J connectivity index is 1.39. The van der Waals surface area contributed by atoms with Gasteiger partial charge in [-0.2, -0.15) is 10.1 Å². The van der Waals surface area contributed by atoms with Crippen LogP contribution in [0.3, 0.4) is 0 Å². The third kappa shape index (κ3) is 3.39. The van der Waals surface area contributed by atoms with Gasteiger partial charge >= 0.3 is 0 Å². The van der Waals surface area contributed by atoms with Crippen molar-refractivity contribution < 1.29 is 4.42 Å². The lowest BCUT2D eigenvalue weighted by Gasteiger charge is -2.10. The first-order chi connectivity index (χ1) is 14.3. The van der Waals surface area contributed by atoms with Crippen LogP contribution < -0.4 is 10.6 Å². The van der Waals surface area contributed by atoms with E-state index in [2.05, 4.69) is 35.8 Å². The van der Waals surface area contributed by atoms with Crippen LogP contribution in [-0.2, 0) is 0 Å². The van der Waals surface area contributed by atoms with Gasteiger partial charge in [0.25, 0.3) is 0 Å². The van der Waals surface area contributed by atoms with Crippen molar-refractivity contribution in [3.63, 3.8) is 0 Å². The number of hydrogen-bond donors (Lipinski definition) is 3. The second-order valence-corrected chi connectivity index (χ2v) is 6.50. The van der Waals surface area contributed by atoms with Crippen molar-refractivity contribution in [2.24, 2.45) is 0 Å². The number of nitrogens with one attached hydrogen (secondary N) is 3. The summed E-state index contributed by atoms with van der Waals surface area (Å²) in [4.78, 5) is 13.0. The maximum Gasteiger partial charge on any atom is 0.229 e. The van der Waals surface area contributed by atoms with Crippen molar-refractivity contribution in [1.82, 2.24) is 25.1 Å². The van der Waals surface area contributed by atoms with E-state index >= 15 is 0 Å². The summed E-state index contributed by atoms with van der Waals surface area (Å²) in [6.07, 6.45) is 4.94. The largest absolute Gasteiger partial charge is 0.443 e. The number of H-pyrrole nitrogens is 1. The highest BCUT2D eigenvalue weighted by Crippen LogP contribution is 2.27. The Morgan fingerprint density at radius 3 is 2.83 bits per heavy atom. The van der Waals surface area contributed by atoms with E-state index in [1.165, 1.54) is 6.39 Å². The minimum absolute atomic E-state index is 0.487. The molecule has 3 heterocycles.